The van der Waals surface area contributed by atoms with Gasteiger partial charge in [0.25, 0.3) is 11.2 Å². The Labute approximate surface area is 204 Å². The summed E-state index contributed by atoms with van der Waals surface area (Å²) in [5.41, 5.74) is 2.16. The van der Waals surface area contributed by atoms with Crippen LogP contribution in [-0.4, -0.2) is 20.7 Å². The van der Waals surface area contributed by atoms with E-state index in [9.17, 15) is 14.9 Å². The van der Waals surface area contributed by atoms with Crippen LogP contribution in [0, 0.1) is 10.1 Å². The molecule has 0 atom stereocenters. The van der Waals surface area contributed by atoms with Gasteiger partial charge < -0.3 is 0 Å². The lowest BCUT2D eigenvalue weighted by Crippen LogP contribution is -2.22. The van der Waals surface area contributed by atoms with E-state index in [1.54, 1.807) is 54.7 Å². The molecule has 1 aromatic heterocycles. The van der Waals surface area contributed by atoms with E-state index in [1.165, 1.54) is 22.8 Å². The standard InChI is InChI=1S/C27H17ClN4O3/c28-20-12-15-24(25(16-20)32(34)35)31-26(30-23-9-5-4-8-22(23)27(31)33)19-10-13-21(14-11-19)29-17-18-6-2-1-3-7-18/h1-17H. The van der Waals surface area contributed by atoms with Crippen molar-refractivity contribution in [2.24, 2.45) is 4.99 Å². The molecule has 0 fully saturated rings. The number of aliphatic imine (C=N–C) groups is 1. The molecule has 4 aromatic carbocycles. The van der Waals surface area contributed by atoms with E-state index in [2.05, 4.69) is 4.99 Å². The number of benzene rings is 4. The van der Waals surface area contributed by atoms with Gasteiger partial charge in [0.1, 0.15) is 11.5 Å². The molecule has 35 heavy (non-hydrogen) atoms. The third-order valence-electron chi connectivity index (χ3n) is 5.44. The number of nitro benzene ring substituents is 1. The van der Waals surface area contributed by atoms with Gasteiger partial charge in [0.15, 0.2) is 0 Å². The van der Waals surface area contributed by atoms with Crippen molar-refractivity contribution in [2.45, 2.75) is 0 Å². The third-order valence-corrected chi connectivity index (χ3v) is 5.67. The summed E-state index contributed by atoms with van der Waals surface area (Å²) in [6, 6.07) is 28.0. The summed E-state index contributed by atoms with van der Waals surface area (Å²) in [7, 11) is 0. The van der Waals surface area contributed by atoms with Crippen molar-refractivity contribution in [3.63, 3.8) is 0 Å². The first kappa shape index (κ1) is 22.2. The van der Waals surface area contributed by atoms with Crippen LogP contribution < -0.4 is 5.56 Å². The Morgan fingerprint density at radius 2 is 1.63 bits per heavy atom. The molecular weight excluding hydrogens is 464 g/mol. The van der Waals surface area contributed by atoms with E-state index in [0.29, 0.717) is 22.2 Å². The van der Waals surface area contributed by atoms with E-state index in [1.807, 2.05) is 30.3 Å². The molecule has 0 radical (unpaired) electrons. The number of para-hydroxylation sites is 1. The van der Waals surface area contributed by atoms with E-state index in [4.69, 9.17) is 16.6 Å². The molecule has 5 aromatic rings. The average molecular weight is 481 g/mol. The largest absolute Gasteiger partial charge is 0.294 e. The van der Waals surface area contributed by atoms with Crippen molar-refractivity contribution in [3.05, 3.63) is 128 Å². The van der Waals surface area contributed by atoms with Gasteiger partial charge in [-0.25, -0.2) is 4.98 Å². The fraction of sp³-hybridized carbons (Fsp3) is 0. The summed E-state index contributed by atoms with van der Waals surface area (Å²) in [6.07, 6.45) is 1.76. The van der Waals surface area contributed by atoms with Gasteiger partial charge in [-0.3, -0.25) is 24.5 Å². The number of aromatic nitrogens is 2. The Bertz CT molecular complexity index is 1650. The highest BCUT2D eigenvalue weighted by molar-refractivity contribution is 6.30. The molecule has 0 saturated carbocycles. The molecule has 0 unspecified atom stereocenters. The van der Waals surface area contributed by atoms with E-state index < -0.39 is 10.5 Å². The highest BCUT2D eigenvalue weighted by atomic mass is 35.5. The van der Waals surface area contributed by atoms with E-state index >= 15 is 0 Å². The second-order valence-electron chi connectivity index (χ2n) is 7.70. The Kier molecular flexibility index (Phi) is 5.91. The first-order chi connectivity index (χ1) is 17.0. The zero-order valence-electron chi connectivity index (χ0n) is 18.2. The molecule has 8 heteroatoms. The van der Waals surface area contributed by atoms with Crippen LogP contribution in [0.2, 0.25) is 5.02 Å². The number of hydrogen-bond donors (Lipinski definition) is 0. The maximum atomic E-state index is 13.6. The fourth-order valence-electron chi connectivity index (χ4n) is 3.77. The van der Waals surface area contributed by atoms with Crippen LogP contribution in [0.4, 0.5) is 11.4 Å². The number of rotatable bonds is 5. The molecule has 0 saturated heterocycles. The zero-order valence-corrected chi connectivity index (χ0v) is 19.0. The van der Waals surface area contributed by atoms with E-state index in [-0.39, 0.29) is 22.2 Å². The van der Waals surface area contributed by atoms with Crippen LogP contribution in [0.25, 0.3) is 28.0 Å². The van der Waals surface area contributed by atoms with Gasteiger partial charge in [-0.15, -0.1) is 0 Å². The molecule has 0 aliphatic carbocycles. The molecule has 0 bridgehead atoms. The number of nitro groups is 1. The molecule has 0 spiro atoms. The molecule has 7 nitrogen and oxygen atoms in total. The van der Waals surface area contributed by atoms with Crippen LogP contribution in [0.15, 0.2) is 107 Å². The number of nitrogens with zero attached hydrogens (tertiary/aromatic N) is 4. The Hall–Kier alpha value is -4.62. The van der Waals surface area contributed by atoms with E-state index in [0.717, 1.165) is 5.56 Å². The molecule has 0 amide bonds. The predicted molar refractivity (Wildman–Crippen MR) is 138 cm³/mol. The number of hydrogen-bond acceptors (Lipinski definition) is 5. The summed E-state index contributed by atoms with van der Waals surface area (Å²) in [4.78, 5) is 34.0. The smallest absolute Gasteiger partial charge is 0.268 e. The van der Waals surface area contributed by atoms with Gasteiger partial charge in [0.05, 0.1) is 21.5 Å². The van der Waals surface area contributed by atoms with Gasteiger partial charge in [0, 0.05) is 22.9 Å². The van der Waals surface area contributed by atoms with Gasteiger partial charge in [0.2, 0.25) is 0 Å². The summed E-state index contributed by atoms with van der Waals surface area (Å²) in [5.74, 6) is 0.276. The quantitative estimate of drug-likeness (QED) is 0.166. The van der Waals surface area contributed by atoms with Gasteiger partial charge >= 0.3 is 0 Å². The van der Waals surface area contributed by atoms with Crippen LogP contribution >= 0.6 is 11.6 Å². The Morgan fingerprint density at radius 1 is 0.914 bits per heavy atom. The minimum atomic E-state index is -0.561. The van der Waals surface area contributed by atoms with Crippen molar-refractivity contribution >= 4 is 40.1 Å². The topological polar surface area (TPSA) is 90.4 Å². The van der Waals surface area contributed by atoms with Gasteiger partial charge in [-0.05, 0) is 54.1 Å². The molecular formula is C27H17ClN4O3. The second kappa shape index (κ2) is 9.32. The zero-order chi connectivity index (χ0) is 24.4. The van der Waals surface area contributed by atoms with Gasteiger partial charge in [-0.1, -0.05) is 54.1 Å². The maximum absolute atomic E-state index is 13.6. The molecule has 0 aliphatic heterocycles. The monoisotopic (exact) mass is 480 g/mol. The van der Waals surface area contributed by atoms with Crippen molar-refractivity contribution in [1.29, 1.82) is 0 Å². The van der Waals surface area contributed by atoms with Crippen LogP contribution in [0.3, 0.4) is 0 Å². The fourth-order valence-corrected chi connectivity index (χ4v) is 3.93. The van der Waals surface area contributed by atoms with Crippen molar-refractivity contribution in [1.82, 2.24) is 9.55 Å². The lowest BCUT2D eigenvalue weighted by Gasteiger charge is -2.14. The third kappa shape index (κ3) is 4.45. The normalized spacial score (nSPS) is 11.2. The summed E-state index contributed by atoms with van der Waals surface area (Å²) in [6.45, 7) is 0. The highest BCUT2D eigenvalue weighted by Crippen LogP contribution is 2.30. The molecule has 0 N–H and O–H groups in total. The van der Waals surface area contributed by atoms with Crippen LogP contribution in [0.5, 0.6) is 0 Å². The lowest BCUT2D eigenvalue weighted by atomic mass is 10.1. The minimum absolute atomic E-state index is 0.0869. The highest BCUT2D eigenvalue weighted by Gasteiger charge is 2.22. The first-order valence-corrected chi connectivity index (χ1v) is 11.0. The minimum Gasteiger partial charge on any atom is -0.268 e. The Balaban J connectivity index is 1.68. The van der Waals surface area contributed by atoms with Crippen molar-refractivity contribution in [3.8, 4) is 17.1 Å². The first-order valence-electron chi connectivity index (χ1n) is 10.7. The number of halogens is 1. The molecule has 0 aliphatic rings. The van der Waals surface area contributed by atoms with Crippen molar-refractivity contribution < 1.29 is 4.92 Å². The Morgan fingerprint density at radius 3 is 2.37 bits per heavy atom. The number of fused-ring (bicyclic) bond motifs is 1. The summed E-state index contributed by atoms with van der Waals surface area (Å²) < 4.78 is 1.26. The van der Waals surface area contributed by atoms with Crippen molar-refractivity contribution in [2.75, 3.05) is 0 Å². The summed E-state index contributed by atoms with van der Waals surface area (Å²) >= 11 is 6.01. The van der Waals surface area contributed by atoms with Crippen LogP contribution in [-0.2, 0) is 0 Å². The molecule has 170 valence electrons. The maximum Gasteiger partial charge on any atom is 0.294 e. The van der Waals surface area contributed by atoms with Crippen LogP contribution in [0.1, 0.15) is 5.56 Å². The molecule has 1 heterocycles. The lowest BCUT2D eigenvalue weighted by molar-refractivity contribution is -0.384. The predicted octanol–water partition coefficient (Wildman–Crippen LogP) is 6.36. The second-order valence-corrected chi connectivity index (χ2v) is 8.14. The molecule has 5 rings (SSSR count). The SMILES string of the molecule is O=c1c2ccccc2nc(-c2ccc(N=Cc3ccccc3)cc2)n1-c1ccc(Cl)cc1[N+](=O)[O-]. The van der Waals surface area contributed by atoms with Gasteiger partial charge in [-0.2, -0.15) is 0 Å². The summed E-state index contributed by atoms with van der Waals surface area (Å²) in [5, 5.41) is 12.3. The average Bonchev–Trinajstić information content (AvgIpc) is 2.88.